The molecule has 0 aliphatic heterocycles. The van der Waals surface area contributed by atoms with Crippen molar-refractivity contribution in [3.8, 4) is 0 Å². The molecule has 0 atom stereocenters. The van der Waals surface area contributed by atoms with Crippen LogP contribution in [0.2, 0.25) is 0 Å². The molecule has 0 saturated carbocycles. The molecule has 0 unspecified atom stereocenters. The molecule has 48 heavy (non-hydrogen) atoms. The summed E-state index contributed by atoms with van der Waals surface area (Å²) in [6.07, 6.45) is 7.48. The molecular weight excluding hydrogens is 695 g/mol. The summed E-state index contributed by atoms with van der Waals surface area (Å²) in [5.74, 6) is 0. The molecule has 0 radical (unpaired) electrons. The Balaban J connectivity index is 0.00000225. The maximum absolute atomic E-state index is 4.66. The number of benzene rings is 3. The standard InChI is InChI=1S/C40H36N6.2Zn/c1-2-18-36-35(17-1)39(29-45(25-31-13-5-9-21-41-31)26-32-14-6-10-22-42-32)37-19-3-4-20-38(37)40(36)30-46(27-33-15-7-11-23-43-33)28-34-16-8-12-24-44-34;;/h1-24H,25-30H2;;. The summed E-state index contributed by atoms with van der Waals surface area (Å²) in [6, 6.07) is 42.3. The van der Waals surface area contributed by atoms with E-state index in [1.54, 1.807) is 0 Å². The zero-order valence-electron chi connectivity index (χ0n) is 27.2. The van der Waals surface area contributed by atoms with Gasteiger partial charge in [0.25, 0.3) is 0 Å². The van der Waals surface area contributed by atoms with Crippen molar-refractivity contribution in [3.05, 3.63) is 180 Å². The second kappa shape index (κ2) is 17.4. The number of rotatable bonds is 12. The summed E-state index contributed by atoms with van der Waals surface area (Å²) < 4.78 is 0. The average molecular weight is 732 g/mol. The molecule has 3 aromatic carbocycles. The molecular formula is C40H36N6Zn2. The number of aromatic nitrogens is 4. The van der Waals surface area contributed by atoms with Crippen LogP contribution in [-0.4, -0.2) is 29.7 Å². The second-order valence-corrected chi connectivity index (χ2v) is 11.6. The molecule has 8 heteroatoms. The molecule has 0 aliphatic carbocycles. The Hall–Kier alpha value is -4.05. The predicted octanol–water partition coefficient (Wildman–Crippen LogP) is 7.97. The van der Waals surface area contributed by atoms with Crippen LogP contribution in [0.15, 0.2) is 146 Å². The van der Waals surface area contributed by atoms with E-state index in [9.17, 15) is 0 Å². The molecule has 4 aromatic heterocycles. The maximum atomic E-state index is 4.66. The Bertz CT molecular complexity index is 1730. The molecule has 0 saturated heterocycles. The van der Waals surface area contributed by atoms with E-state index in [0.29, 0.717) is 0 Å². The Morgan fingerprint density at radius 1 is 0.312 bits per heavy atom. The molecule has 0 bridgehead atoms. The summed E-state index contributed by atoms with van der Waals surface area (Å²) in [5.41, 5.74) is 6.82. The van der Waals surface area contributed by atoms with Crippen molar-refractivity contribution in [3.63, 3.8) is 0 Å². The van der Waals surface area contributed by atoms with Gasteiger partial charge < -0.3 is 0 Å². The first kappa shape index (κ1) is 35.3. The van der Waals surface area contributed by atoms with Crippen molar-refractivity contribution >= 4 is 21.5 Å². The Morgan fingerprint density at radius 2 is 0.562 bits per heavy atom. The van der Waals surface area contributed by atoms with Gasteiger partial charge in [-0.15, -0.1) is 0 Å². The fraction of sp³-hybridized carbons (Fsp3) is 0.150. The van der Waals surface area contributed by atoms with Crippen LogP contribution in [0.5, 0.6) is 0 Å². The first-order chi connectivity index (χ1) is 22.8. The third-order valence-corrected chi connectivity index (χ3v) is 8.37. The third kappa shape index (κ3) is 8.69. The normalized spacial score (nSPS) is 11.0. The van der Waals surface area contributed by atoms with Crippen molar-refractivity contribution in [1.82, 2.24) is 29.7 Å². The Kier molecular flexibility index (Phi) is 12.8. The van der Waals surface area contributed by atoms with Crippen LogP contribution in [0.4, 0.5) is 0 Å². The van der Waals surface area contributed by atoms with Crippen molar-refractivity contribution < 1.29 is 39.0 Å². The molecule has 0 fully saturated rings. The van der Waals surface area contributed by atoms with Crippen molar-refractivity contribution in [2.75, 3.05) is 0 Å². The molecule has 0 N–H and O–H groups in total. The van der Waals surface area contributed by atoms with Gasteiger partial charge in [-0.05, 0) is 81.2 Å². The Morgan fingerprint density at radius 3 is 0.792 bits per heavy atom. The monoisotopic (exact) mass is 728 g/mol. The molecule has 6 nitrogen and oxygen atoms in total. The van der Waals surface area contributed by atoms with Gasteiger partial charge in [0.15, 0.2) is 0 Å². The zero-order valence-corrected chi connectivity index (χ0v) is 33.1. The molecule has 7 rings (SSSR count). The molecule has 230 valence electrons. The van der Waals surface area contributed by atoms with Gasteiger partial charge in [-0.2, -0.15) is 0 Å². The molecule has 0 amide bonds. The number of hydrogen-bond donors (Lipinski definition) is 0. The topological polar surface area (TPSA) is 58.0 Å². The van der Waals surface area contributed by atoms with Crippen LogP contribution in [0.3, 0.4) is 0 Å². The van der Waals surface area contributed by atoms with Gasteiger partial charge in [0.05, 0.1) is 22.8 Å². The van der Waals surface area contributed by atoms with Gasteiger partial charge in [0.2, 0.25) is 0 Å². The minimum atomic E-state index is 0. The summed E-state index contributed by atoms with van der Waals surface area (Å²) in [5, 5.41) is 5.11. The van der Waals surface area contributed by atoms with Crippen molar-refractivity contribution in [2.45, 2.75) is 39.3 Å². The molecule has 0 aliphatic rings. The van der Waals surface area contributed by atoms with Crippen LogP contribution in [-0.2, 0) is 78.2 Å². The number of fused-ring (bicyclic) bond motifs is 2. The van der Waals surface area contributed by atoms with Crippen LogP contribution in [0, 0.1) is 0 Å². The quantitative estimate of drug-likeness (QED) is 0.0940. The summed E-state index contributed by atoms with van der Waals surface area (Å²) in [7, 11) is 0. The third-order valence-electron chi connectivity index (χ3n) is 8.37. The average Bonchev–Trinajstić information content (AvgIpc) is 3.11. The zero-order chi connectivity index (χ0) is 31.0. The number of pyridine rings is 4. The van der Waals surface area contributed by atoms with E-state index in [-0.39, 0.29) is 39.0 Å². The molecule has 4 heterocycles. The van der Waals surface area contributed by atoms with Gasteiger partial charge in [-0.25, -0.2) is 0 Å². The van der Waals surface area contributed by atoms with E-state index in [2.05, 4.69) is 127 Å². The SMILES string of the molecule is [Zn].[Zn].c1ccc(CN(Cc2ccccn2)Cc2c3ccccc3c(CN(Cc3ccccn3)Cc3ccccn3)c3ccccc23)nc1. The van der Waals surface area contributed by atoms with E-state index in [4.69, 9.17) is 0 Å². The van der Waals surface area contributed by atoms with E-state index in [1.807, 2.05) is 49.1 Å². The van der Waals surface area contributed by atoms with Crippen LogP contribution in [0.25, 0.3) is 21.5 Å². The van der Waals surface area contributed by atoms with Crippen LogP contribution >= 0.6 is 0 Å². The van der Waals surface area contributed by atoms with E-state index < -0.39 is 0 Å². The summed E-state index contributed by atoms with van der Waals surface area (Å²) in [6.45, 7) is 4.43. The van der Waals surface area contributed by atoms with Crippen LogP contribution in [0.1, 0.15) is 33.9 Å². The Labute approximate surface area is 307 Å². The predicted molar refractivity (Wildman–Crippen MR) is 184 cm³/mol. The summed E-state index contributed by atoms with van der Waals surface area (Å²) in [4.78, 5) is 23.6. The smallest absolute Gasteiger partial charge is 0.0544 e. The molecule has 7 aromatic rings. The fourth-order valence-corrected chi connectivity index (χ4v) is 6.32. The van der Waals surface area contributed by atoms with E-state index >= 15 is 0 Å². The van der Waals surface area contributed by atoms with Gasteiger partial charge in [0, 0.05) is 103 Å². The fourth-order valence-electron chi connectivity index (χ4n) is 6.32. The van der Waals surface area contributed by atoms with Gasteiger partial charge >= 0.3 is 0 Å². The molecule has 0 spiro atoms. The minimum Gasteiger partial charge on any atom is -0.287 e. The van der Waals surface area contributed by atoms with Gasteiger partial charge in [-0.1, -0.05) is 72.8 Å². The van der Waals surface area contributed by atoms with E-state index in [1.165, 1.54) is 32.7 Å². The van der Waals surface area contributed by atoms with Crippen molar-refractivity contribution in [2.24, 2.45) is 0 Å². The van der Waals surface area contributed by atoms with Crippen molar-refractivity contribution in [1.29, 1.82) is 0 Å². The van der Waals surface area contributed by atoms with E-state index in [0.717, 1.165) is 62.0 Å². The number of hydrogen-bond acceptors (Lipinski definition) is 6. The van der Waals surface area contributed by atoms with Gasteiger partial charge in [-0.3, -0.25) is 29.7 Å². The second-order valence-electron chi connectivity index (χ2n) is 11.6. The van der Waals surface area contributed by atoms with Crippen LogP contribution < -0.4 is 0 Å². The minimum absolute atomic E-state index is 0. The largest absolute Gasteiger partial charge is 0.287 e. The maximum Gasteiger partial charge on any atom is 0.0544 e. The first-order valence-corrected chi connectivity index (χ1v) is 15.8. The first-order valence-electron chi connectivity index (χ1n) is 15.8. The van der Waals surface area contributed by atoms with Gasteiger partial charge in [0.1, 0.15) is 0 Å². The summed E-state index contributed by atoms with van der Waals surface area (Å²) >= 11 is 0. The number of nitrogens with zero attached hydrogens (tertiary/aromatic N) is 6.